The van der Waals surface area contributed by atoms with Crippen LogP contribution in [0.1, 0.15) is 24.0 Å². The maximum absolute atomic E-state index is 9.29. The Morgan fingerprint density at radius 2 is 2.12 bits per heavy atom. The van der Waals surface area contributed by atoms with Crippen LogP contribution in [0.25, 0.3) is 0 Å². The second kappa shape index (κ2) is 4.63. The highest BCUT2D eigenvalue weighted by Crippen LogP contribution is 2.43. The quantitative estimate of drug-likeness (QED) is 0.908. The molecule has 3 nitrogen and oxygen atoms in total. The molecule has 0 saturated carbocycles. The lowest BCUT2D eigenvalue weighted by molar-refractivity contribution is 0.167. The second-order valence-corrected chi connectivity index (χ2v) is 4.86. The van der Waals surface area contributed by atoms with Crippen LogP contribution in [0, 0.1) is 6.92 Å². The summed E-state index contributed by atoms with van der Waals surface area (Å²) >= 11 is 3.51. The van der Waals surface area contributed by atoms with Crippen molar-refractivity contribution in [3.05, 3.63) is 21.7 Å². The largest absolute Gasteiger partial charge is 0.486 e. The molecule has 4 heteroatoms. The van der Waals surface area contributed by atoms with Crippen LogP contribution in [-0.4, -0.2) is 24.9 Å². The first-order chi connectivity index (χ1) is 7.65. The molecule has 0 fully saturated rings. The Hall–Kier alpha value is -0.740. The number of halogens is 1. The molecule has 1 aliphatic rings. The minimum absolute atomic E-state index is 0.0490. The molecule has 88 valence electrons. The van der Waals surface area contributed by atoms with E-state index >= 15 is 0 Å². The third-order valence-electron chi connectivity index (χ3n) is 2.84. The van der Waals surface area contributed by atoms with Gasteiger partial charge in [-0.25, -0.2) is 0 Å². The third-order valence-corrected chi connectivity index (χ3v) is 3.67. The molecule has 1 aliphatic heterocycles. The summed E-state index contributed by atoms with van der Waals surface area (Å²) in [6, 6.07) is 1.93. The summed E-state index contributed by atoms with van der Waals surface area (Å²) in [6.45, 7) is 5.25. The normalized spacial score (nSPS) is 16.0. The maximum atomic E-state index is 9.29. The first-order valence-electron chi connectivity index (χ1n) is 5.34. The zero-order valence-corrected chi connectivity index (χ0v) is 11.0. The van der Waals surface area contributed by atoms with Gasteiger partial charge in [0.25, 0.3) is 0 Å². The maximum Gasteiger partial charge on any atom is 0.165 e. The van der Waals surface area contributed by atoms with Crippen molar-refractivity contribution in [1.29, 1.82) is 0 Å². The van der Waals surface area contributed by atoms with Crippen molar-refractivity contribution < 1.29 is 14.6 Å². The standard InChI is InChI=1S/C12H15BrO3/c1-7(6-14)11-8(2)9(13)5-10-12(11)16-4-3-15-10/h5,7,14H,3-4,6H2,1-2H3. The van der Waals surface area contributed by atoms with Crippen LogP contribution in [0.3, 0.4) is 0 Å². The lowest BCUT2D eigenvalue weighted by atomic mass is 9.95. The van der Waals surface area contributed by atoms with Crippen molar-refractivity contribution in [3.63, 3.8) is 0 Å². The number of aliphatic hydroxyl groups is 1. The first-order valence-corrected chi connectivity index (χ1v) is 6.14. The van der Waals surface area contributed by atoms with E-state index < -0.39 is 0 Å². The highest BCUT2D eigenvalue weighted by Gasteiger charge is 2.23. The van der Waals surface area contributed by atoms with Gasteiger partial charge in [0.05, 0.1) is 0 Å². The van der Waals surface area contributed by atoms with Crippen molar-refractivity contribution >= 4 is 15.9 Å². The molecule has 0 spiro atoms. The average Bonchev–Trinajstić information content (AvgIpc) is 2.30. The van der Waals surface area contributed by atoms with Gasteiger partial charge in [0, 0.05) is 22.6 Å². The van der Waals surface area contributed by atoms with E-state index in [9.17, 15) is 5.11 Å². The molecule has 1 heterocycles. The Kier molecular flexibility index (Phi) is 3.40. The summed E-state index contributed by atoms with van der Waals surface area (Å²) in [5.41, 5.74) is 2.14. The van der Waals surface area contributed by atoms with Gasteiger partial charge in [0.2, 0.25) is 0 Å². The lowest BCUT2D eigenvalue weighted by Gasteiger charge is -2.25. The van der Waals surface area contributed by atoms with Crippen molar-refractivity contribution in [2.75, 3.05) is 19.8 Å². The highest BCUT2D eigenvalue weighted by molar-refractivity contribution is 9.10. The van der Waals surface area contributed by atoms with E-state index in [-0.39, 0.29) is 12.5 Å². The number of hydrogen-bond acceptors (Lipinski definition) is 3. The molecule has 1 aromatic rings. The number of hydrogen-bond donors (Lipinski definition) is 1. The molecule has 0 saturated heterocycles. The van der Waals surface area contributed by atoms with Crippen LogP contribution >= 0.6 is 15.9 Å². The van der Waals surface area contributed by atoms with E-state index in [2.05, 4.69) is 15.9 Å². The van der Waals surface area contributed by atoms with Crippen molar-refractivity contribution in [2.24, 2.45) is 0 Å². The topological polar surface area (TPSA) is 38.7 Å². The van der Waals surface area contributed by atoms with Gasteiger partial charge in [-0.3, -0.25) is 0 Å². The molecule has 1 atom stereocenters. The molecule has 2 rings (SSSR count). The predicted octanol–water partition coefficient (Wildman–Crippen LogP) is 2.62. The third kappa shape index (κ3) is 1.92. The Bertz CT molecular complexity index is 404. The Labute approximate surface area is 104 Å². The molecule has 0 bridgehead atoms. The summed E-state index contributed by atoms with van der Waals surface area (Å²) < 4.78 is 12.2. The van der Waals surface area contributed by atoms with Crippen molar-refractivity contribution in [1.82, 2.24) is 0 Å². The van der Waals surface area contributed by atoms with Crippen LogP contribution in [0.4, 0.5) is 0 Å². The van der Waals surface area contributed by atoms with Gasteiger partial charge < -0.3 is 14.6 Å². The van der Waals surface area contributed by atoms with Gasteiger partial charge >= 0.3 is 0 Å². The SMILES string of the molecule is Cc1c(Br)cc2c(c1C(C)CO)OCCO2. The van der Waals surface area contributed by atoms with Crippen LogP contribution in [-0.2, 0) is 0 Å². The number of rotatable bonds is 2. The van der Waals surface area contributed by atoms with Gasteiger partial charge in [0.1, 0.15) is 13.2 Å². The number of ether oxygens (including phenoxy) is 2. The fraction of sp³-hybridized carbons (Fsp3) is 0.500. The lowest BCUT2D eigenvalue weighted by Crippen LogP contribution is -2.18. The number of fused-ring (bicyclic) bond motifs is 1. The van der Waals surface area contributed by atoms with Gasteiger partial charge in [-0.2, -0.15) is 0 Å². The Balaban J connectivity index is 2.59. The molecule has 16 heavy (non-hydrogen) atoms. The summed E-state index contributed by atoms with van der Waals surface area (Å²) in [5.74, 6) is 1.60. The fourth-order valence-corrected chi connectivity index (χ4v) is 2.38. The van der Waals surface area contributed by atoms with Crippen LogP contribution in [0.2, 0.25) is 0 Å². The van der Waals surface area contributed by atoms with Crippen molar-refractivity contribution in [2.45, 2.75) is 19.8 Å². The summed E-state index contributed by atoms with van der Waals surface area (Å²) in [4.78, 5) is 0. The average molecular weight is 287 g/mol. The monoisotopic (exact) mass is 286 g/mol. The van der Waals surface area contributed by atoms with Crippen LogP contribution in [0.5, 0.6) is 11.5 Å². The molecule has 0 radical (unpaired) electrons. The van der Waals surface area contributed by atoms with Gasteiger partial charge in [-0.05, 0) is 18.6 Å². The van der Waals surface area contributed by atoms with Crippen molar-refractivity contribution in [3.8, 4) is 11.5 Å². The Morgan fingerprint density at radius 1 is 1.44 bits per heavy atom. The van der Waals surface area contributed by atoms with Gasteiger partial charge in [-0.15, -0.1) is 0 Å². The zero-order chi connectivity index (χ0) is 11.7. The minimum Gasteiger partial charge on any atom is -0.486 e. The summed E-state index contributed by atoms with van der Waals surface area (Å²) in [5, 5.41) is 9.29. The minimum atomic E-state index is 0.0490. The van der Waals surface area contributed by atoms with E-state index in [1.54, 1.807) is 0 Å². The summed E-state index contributed by atoms with van der Waals surface area (Å²) in [7, 11) is 0. The fourth-order valence-electron chi connectivity index (χ4n) is 1.96. The highest BCUT2D eigenvalue weighted by atomic mass is 79.9. The summed E-state index contributed by atoms with van der Waals surface area (Å²) in [6.07, 6.45) is 0. The molecular formula is C12H15BrO3. The second-order valence-electron chi connectivity index (χ2n) is 4.00. The van der Waals surface area contributed by atoms with Gasteiger partial charge in [-0.1, -0.05) is 22.9 Å². The van der Waals surface area contributed by atoms with Crippen LogP contribution in [0.15, 0.2) is 10.5 Å². The first kappa shape index (κ1) is 11.7. The molecule has 1 aromatic carbocycles. The van der Waals surface area contributed by atoms with Gasteiger partial charge in [0.15, 0.2) is 11.5 Å². The van der Waals surface area contributed by atoms with Crippen LogP contribution < -0.4 is 9.47 Å². The molecular weight excluding hydrogens is 272 g/mol. The molecule has 0 amide bonds. The predicted molar refractivity (Wildman–Crippen MR) is 65.4 cm³/mol. The smallest absolute Gasteiger partial charge is 0.165 e. The number of benzene rings is 1. The van der Waals surface area contributed by atoms with E-state index in [0.29, 0.717) is 13.2 Å². The van der Waals surface area contributed by atoms with E-state index in [1.165, 1.54) is 0 Å². The zero-order valence-electron chi connectivity index (χ0n) is 9.42. The molecule has 1 N–H and O–H groups in total. The number of aliphatic hydroxyl groups excluding tert-OH is 1. The van der Waals surface area contributed by atoms with E-state index in [1.807, 2.05) is 19.9 Å². The van der Waals surface area contributed by atoms with E-state index in [0.717, 1.165) is 27.1 Å². The Morgan fingerprint density at radius 3 is 2.81 bits per heavy atom. The molecule has 0 aromatic heterocycles. The van der Waals surface area contributed by atoms with E-state index in [4.69, 9.17) is 9.47 Å². The molecule has 0 aliphatic carbocycles. The molecule has 1 unspecified atom stereocenters.